The molecule has 1 fully saturated rings. The molecule has 1 heterocycles. The zero-order valence-corrected chi connectivity index (χ0v) is 23.2. The summed E-state index contributed by atoms with van der Waals surface area (Å²) in [5.41, 5.74) is 2.20. The lowest BCUT2D eigenvalue weighted by Crippen LogP contribution is -2.54. The predicted octanol–water partition coefficient (Wildman–Crippen LogP) is 6.79. The molecule has 0 bridgehead atoms. The summed E-state index contributed by atoms with van der Waals surface area (Å²) in [6, 6.07) is 15.6. The number of carbonyl (C=O) groups excluding carboxylic acids is 2. The Labute approximate surface area is 240 Å². The molecule has 0 aromatic heterocycles. The largest absolute Gasteiger partial charge is 0.493 e. The molecule has 4 rings (SSSR count). The van der Waals surface area contributed by atoms with E-state index < -0.39 is 11.8 Å². The third-order valence-corrected chi connectivity index (χ3v) is 7.12. The average Bonchev–Trinajstić information content (AvgIpc) is 2.89. The molecule has 0 aliphatic carbocycles. The van der Waals surface area contributed by atoms with Gasteiger partial charge in [-0.3, -0.25) is 19.8 Å². The molecule has 3 aromatic rings. The van der Waals surface area contributed by atoms with Crippen molar-refractivity contribution in [3.8, 4) is 11.5 Å². The highest BCUT2D eigenvalue weighted by atomic mass is 35.5. The van der Waals surface area contributed by atoms with E-state index in [-0.39, 0.29) is 33.0 Å². The number of nitrogens with one attached hydrogen (secondary N) is 1. The van der Waals surface area contributed by atoms with E-state index in [0.717, 1.165) is 16.0 Å². The number of hydrogen-bond acceptors (Lipinski definition) is 5. The Morgan fingerprint density at radius 3 is 2.47 bits per heavy atom. The van der Waals surface area contributed by atoms with Crippen LogP contribution in [0.15, 0.2) is 72.8 Å². The first-order valence-corrected chi connectivity index (χ1v) is 12.8. The van der Waals surface area contributed by atoms with E-state index in [1.807, 2.05) is 18.2 Å². The maximum absolute atomic E-state index is 13.5. The number of carbonyl (C=O) groups is 2. The highest BCUT2D eigenvalue weighted by molar-refractivity contribution is 7.80. The van der Waals surface area contributed by atoms with Gasteiger partial charge in [0.25, 0.3) is 11.8 Å². The molecule has 0 saturated carbocycles. The Morgan fingerprint density at radius 1 is 1.03 bits per heavy atom. The highest BCUT2D eigenvalue weighted by Crippen LogP contribution is 2.37. The van der Waals surface area contributed by atoms with E-state index in [4.69, 9.17) is 56.5 Å². The molecule has 1 aliphatic rings. The van der Waals surface area contributed by atoms with E-state index >= 15 is 0 Å². The summed E-state index contributed by atoms with van der Waals surface area (Å²) in [4.78, 5) is 27.4. The summed E-state index contributed by atoms with van der Waals surface area (Å²) >= 11 is 24.0. The van der Waals surface area contributed by atoms with E-state index in [0.29, 0.717) is 28.5 Å². The number of benzene rings is 3. The van der Waals surface area contributed by atoms with Crippen molar-refractivity contribution in [2.45, 2.75) is 13.0 Å². The van der Waals surface area contributed by atoms with Crippen LogP contribution in [0, 0.1) is 0 Å². The number of halogens is 3. The topological polar surface area (TPSA) is 67.9 Å². The summed E-state index contributed by atoms with van der Waals surface area (Å²) in [7, 11) is 1.51. The monoisotopic (exact) mass is 586 g/mol. The fraction of sp³-hybridized carbons (Fsp3) is 0.107. The minimum atomic E-state index is -0.647. The van der Waals surface area contributed by atoms with E-state index in [2.05, 4.69) is 11.9 Å². The van der Waals surface area contributed by atoms with Gasteiger partial charge in [0, 0.05) is 16.1 Å². The molecular weight excluding hydrogens is 567 g/mol. The maximum atomic E-state index is 13.5. The third kappa shape index (κ3) is 5.71. The summed E-state index contributed by atoms with van der Waals surface area (Å²) in [5.74, 6) is -0.372. The van der Waals surface area contributed by atoms with Gasteiger partial charge in [-0.15, -0.1) is 6.58 Å². The van der Waals surface area contributed by atoms with Crippen LogP contribution in [0.5, 0.6) is 11.5 Å². The molecule has 0 unspecified atom stereocenters. The Balaban J connectivity index is 1.73. The van der Waals surface area contributed by atoms with Crippen molar-refractivity contribution in [3.63, 3.8) is 0 Å². The number of thiocarbonyl (C=S) groups is 1. The van der Waals surface area contributed by atoms with Gasteiger partial charge in [-0.1, -0.05) is 65.1 Å². The van der Waals surface area contributed by atoms with Gasteiger partial charge in [-0.25, -0.2) is 0 Å². The molecule has 0 atom stereocenters. The molecule has 6 nitrogen and oxygen atoms in total. The van der Waals surface area contributed by atoms with Gasteiger partial charge >= 0.3 is 0 Å². The van der Waals surface area contributed by atoms with E-state index in [9.17, 15) is 9.59 Å². The first-order chi connectivity index (χ1) is 18.2. The third-order valence-electron chi connectivity index (χ3n) is 5.65. The van der Waals surface area contributed by atoms with Crippen molar-refractivity contribution in [1.82, 2.24) is 5.32 Å². The highest BCUT2D eigenvalue weighted by Gasteiger charge is 2.35. The van der Waals surface area contributed by atoms with Gasteiger partial charge in [-0.2, -0.15) is 0 Å². The molecule has 38 heavy (non-hydrogen) atoms. The van der Waals surface area contributed by atoms with Gasteiger partial charge in [-0.05, 0) is 60.6 Å². The quantitative estimate of drug-likeness (QED) is 0.136. The Kier molecular flexibility index (Phi) is 8.74. The molecule has 0 radical (unpaired) electrons. The molecular formula is C28H21Cl3N2O4S. The Hall–Kier alpha value is -3.36. The van der Waals surface area contributed by atoms with Crippen LogP contribution in [0.1, 0.15) is 16.7 Å². The second kappa shape index (κ2) is 12.0. The van der Waals surface area contributed by atoms with Crippen molar-refractivity contribution in [2.24, 2.45) is 0 Å². The van der Waals surface area contributed by atoms with Crippen LogP contribution in [0.4, 0.5) is 5.69 Å². The molecule has 1 N–H and O–H groups in total. The minimum absolute atomic E-state index is 0.102. The fourth-order valence-corrected chi connectivity index (χ4v) is 4.71. The Bertz CT molecular complexity index is 1490. The Morgan fingerprint density at radius 2 is 1.76 bits per heavy atom. The van der Waals surface area contributed by atoms with Crippen LogP contribution in [0.25, 0.3) is 6.08 Å². The van der Waals surface area contributed by atoms with Gasteiger partial charge in [0.2, 0.25) is 0 Å². The molecule has 0 spiro atoms. The summed E-state index contributed by atoms with van der Waals surface area (Å²) in [6.07, 6.45) is 3.62. The van der Waals surface area contributed by atoms with Crippen LogP contribution >= 0.6 is 47.0 Å². The smallest absolute Gasteiger partial charge is 0.270 e. The van der Waals surface area contributed by atoms with E-state index in [1.165, 1.54) is 13.2 Å². The van der Waals surface area contributed by atoms with Crippen LogP contribution in [0.2, 0.25) is 15.1 Å². The zero-order valence-electron chi connectivity index (χ0n) is 20.1. The van der Waals surface area contributed by atoms with Gasteiger partial charge in [0.1, 0.15) is 12.2 Å². The number of rotatable bonds is 8. The first kappa shape index (κ1) is 27.7. The number of amides is 2. The van der Waals surface area contributed by atoms with Crippen molar-refractivity contribution in [1.29, 1.82) is 0 Å². The number of allylic oxidation sites excluding steroid dienone is 1. The molecule has 194 valence electrons. The predicted molar refractivity (Wildman–Crippen MR) is 155 cm³/mol. The van der Waals surface area contributed by atoms with Gasteiger partial charge < -0.3 is 9.47 Å². The standard InChI is InChI=1S/C28H21Cl3N2O4S/c1-3-7-17-12-16(14-23(36-2)25(17)37-15-18-8-4-5-9-20(18)29)13-19-26(34)32-28(38)33(27(19)35)22-11-6-10-21(30)24(22)31/h3-6,8-14H,1,7,15H2,2H3,(H,32,34,38)/b19-13+. The van der Waals surface area contributed by atoms with Crippen molar-refractivity contribution in [3.05, 3.63) is 105 Å². The molecule has 10 heteroatoms. The van der Waals surface area contributed by atoms with Crippen LogP contribution in [-0.2, 0) is 22.6 Å². The SMILES string of the molecule is C=CCc1cc(/C=C2\C(=O)NC(=S)N(c3cccc(Cl)c3Cl)C2=O)cc(OC)c1OCc1ccccc1Cl. The summed E-state index contributed by atoms with van der Waals surface area (Å²) in [5, 5.41) is 3.40. The van der Waals surface area contributed by atoms with Crippen molar-refractivity contribution >= 4 is 75.7 Å². The lowest BCUT2D eigenvalue weighted by atomic mass is 10.0. The van der Waals surface area contributed by atoms with Gasteiger partial charge in [0.05, 0.1) is 22.8 Å². The fourth-order valence-electron chi connectivity index (χ4n) is 3.86. The number of methoxy groups -OCH3 is 1. The van der Waals surface area contributed by atoms with Crippen molar-refractivity contribution in [2.75, 3.05) is 12.0 Å². The normalized spacial score (nSPS) is 14.5. The van der Waals surface area contributed by atoms with Crippen LogP contribution in [0.3, 0.4) is 0 Å². The van der Waals surface area contributed by atoms with Crippen molar-refractivity contribution < 1.29 is 19.1 Å². The van der Waals surface area contributed by atoms with Crippen LogP contribution in [-0.4, -0.2) is 24.0 Å². The lowest BCUT2D eigenvalue weighted by molar-refractivity contribution is -0.122. The number of anilines is 1. The second-order valence-corrected chi connectivity index (χ2v) is 9.69. The van der Waals surface area contributed by atoms with E-state index in [1.54, 1.807) is 42.5 Å². The number of hydrogen-bond donors (Lipinski definition) is 1. The molecule has 3 aromatic carbocycles. The zero-order chi connectivity index (χ0) is 27.4. The average molecular weight is 588 g/mol. The van der Waals surface area contributed by atoms with Crippen LogP contribution < -0.4 is 19.7 Å². The van der Waals surface area contributed by atoms with Gasteiger partial charge in [0.15, 0.2) is 16.6 Å². The second-order valence-electron chi connectivity index (χ2n) is 8.12. The summed E-state index contributed by atoms with van der Waals surface area (Å²) in [6.45, 7) is 4.04. The molecule has 2 amide bonds. The summed E-state index contributed by atoms with van der Waals surface area (Å²) < 4.78 is 11.7. The molecule has 1 saturated heterocycles. The first-order valence-electron chi connectivity index (χ1n) is 11.3. The number of ether oxygens (including phenoxy) is 2. The minimum Gasteiger partial charge on any atom is -0.493 e. The lowest BCUT2D eigenvalue weighted by Gasteiger charge is -2.29. The maximum Gasteiger partial charge on any atom is 0.270 e. The number of nitrogens with zero attached hydrogens (tertiary/aromatic N) is 1. The molecule has 1 aliphatic heterocycles.